The Hall–Kier alpha value is -2.98. The summed E-state index contributed by atoms with van der Waals surface area (Å²) < 4.78 is 30.3. The molecule has 2 aromatic heterocycles. The number of aromatic nitrogens is 3. The van der Waals surface area contributed by atoms with E-state index in [-0.39, 0.29) is 5.75 Å². The van der Waals surface area contributed by atoms with Crippen LogP contribution in [0.15, 0.2) is 47.1 Å². The molecule has 0 radical (unpaired) electrons. The van der Waals surface area contributed by atoms with Gasteiger partial charge in [0.15, 0.2) is 0 Å². The molecule has 3 heterocycles. The summed E-state index contributed by atoms with van der Waals surface area (Å²) in [6.45, 7) is 1.83. The second kappa shape index (κ2) is 7.21. The van der Waals surface area contributed by atoms with Gasteiger partial charge in [-0.15, -0.1) is 0 Å². The maximum atomic E-state index is 11.7. The van der Waals surface area contributed by atoms with Gasteiger partial charge in [0.1, 0.15) is 11.6 Å². The number of hydrogen-bond donors (Lipinski definition) is 1. The SMILES string of the molecule is CS(=O)(=O)N1CCN(c2ncccc2-c2nc(-c3cccc(O)c3)no2)CC1. The highest BCUT2D eigenvalue weighted by Crippen LogP contribution is 2.30. The van der Waals surface area contributed by atoms with Crippen LogP contribution in [0.2, 0.25) is 0 Å². The first-order valence-corrected chi connectivity index (χ1v) is 10.6. The normalized spacial score (nSPS) is 15.7. The van der Waals surface area contributed by atoms with Crippen LogP contribution in [0.4, 0.5) is 5.82 Å². The topological polar surface area (TPSA) is 113 Å². The van der Waals surface area contributed by atoms with Gasteiger partial charge in [-0.25, -0.2) is 13.4 Å². The number of pyridine rings is 1. The second-order valence-electron chi connectivity index (χ2n) is 6.50. The van der Waals surface area contributed by atoms with Crippen molar-refractivity contribution in [3.63, 3.8) is 0 Å². The van der Waals surface area contributed by atoms with E-state index in [1.807, 2.05) is 11.0 Å². The predicted octanol–water partition coefficient (Wildman–Crippen LogP) is 1.59. The molecule has 0 amide bonds. The average molecular weight is 401 g/mol. The fourth-order valence-electron chi connectivity index (χ4n) is 3.14. The van der Waals surface area contributed by atoms with Gasteiger partial charge in [-0.2, -0.15) is 9.29 Å². The molecule has 0 atom stereocenters. The maximum absolute atomic E-state index is 11.7. The number of rotatable bonds is 4. The summed E-state index contributed by atoms with van der Waals surface area (Å²) in [4.78, 5) is 10.9. The Balaban J connectivity index is 1.61. The number of piperazine rings is 1. The fraction of sp³-hybridized carbons (Fsp3) is 0.278. The van der Waals surface area contributed by atoms with Crippen LogP contribution in [0.25, 0.3) is 22.8 Å². The summed E-state index contributed by atoms with van der Waals surface area (Å²) in [6.07, 6.45) is 2.89. The first-order valence-electron chi connectivity index (χ1n) is 8.70. The third-order valence-electron chi connectivity index (χ3n) is 4.55. The summed E-state index contributed by atoms with van der Waals surface area (Å²) in [6, 6.07) is 10.2. The molecule has 0 saturated carbocycles. The molecule has 3 aromatic rings. The third-order valence-corrected chi connectivity index (χ3v) is 5.86. The smallest absolute Gasteiger partial charge is 0.261 e. The van der Waals surface area contributed by atoms with Crippen molar-refractivity contribution in [1.82, 2.24) is 19.4 Å². The Labute approximate surface area is 162 Å². The standard InChI is InChI=1S/C18H19N5O4S/c1-28(25,26)23-10-8-22(9-11-23)17-15(6-3-7-19-17)18-20-16(21-27-18)13-4-2-5-14(24)12-13/h2-7,12,24H,8-11H2,1H3. The average Bonchev–Trinajstić information content (AvgIpc) is 3.18. The fourth-order valence-corrected chi connectivity index (χ4v) is 3.97. The molecule has 0 unspecified atom stereocenters. The molecule has 0 spiro atoms. The number of benzene rings is 1. The van der Waals surface area contributed by atoms with E-state index in [2.05, 4.69) is 15.1 Å². The number of aromatic hydroxyl groups is 1. The van der Waals surface area contributed by atoms with E-state index in [0.717, 1.165) is 0 Å². The third kappa shape index (κ3) is 3.69. The zero-order valence-corrected chi connectivity index (χ0v) is 16.0. The lowest BCUT2D eigenvalue weighted by Gasteiger charge is -2.34. The number of sulfonamides is 1. The predicted molar refractivity (Wildman–Crippen MR) is 103 cm³/mol. The molecule has 28 heavy (non-hydrogen) atoms. The maximum Gasteiger partial charge on any atom is 0.261 e. The van der Waals surface area contributed by atoms with Crippen LogP contribution in [-0.4, -0.2) is 65.4 Å². The zero-order chi connectivity index (χ0) is 19.7. The van der Waals surface area contributed by atoms with Crippen molar-refractivity contribution in [3.05, 3.63) is 42.6 Å². The van der Waals surface area contributed by atoms with Crippen LogP contribution in [-0.2, 0) is 10.0 Å². The van der Waals surface area contributed by atoms with Crippen LogP contribution < -0.4 is 4.90 Å². The van der Waals surface area contributed by atoms with Crippen LogP contribution in [0, 0.1) is 0 Å². The molecule has 1 aliphatic rings. The summed E-state index contributed by atoms with van der Waals surface area (Å²) in [5.74, 6) is 1.46. The minimum atomic E-state index is -3.20. The van der Waals surface area contributed by atoms with Crippen LogP contribution in [0.1, 0.15) is 0 Å². The summed E-state index contributed by atoms with van der Waals surface area (Å²) in [5.41, 5.74) is 1.32. The largest absolute Gasteiger partial charge is 0.508 e. The van der Waals surface area contributed by atoms with Gasteiger partial charge in [0.25, 0.3) is 5.89 Å². The van der Waals surface area contributed by atoms with Gasteiger partial charge >= 0.3 is 0 Å². The summed E-state index contributed by atoms with van der Waals surface area (Å²) in [5, 5.41) is 13.6. The molecule has 1 aromatic carbocycles. The van der Waals surface area contributed by atoms with Crippen molar-refractivity contribution in [2.24, 2.45) is 0 Å². The molecule has 1 saturated heterocycles. The minimum Gasteiger partial charge on any atom is -0.508 e. The van der Waals surface area contributed by atoms with Gasteiger partial charge in [-0.05, 0) is 24.3 Å². The highest BCUT2D eigenvalue weighted by molar-refractivity contribution is 7.88. The van der Waals surface area contributed by atoms with E-state index in [9.17, 15) is 13.5 Å². The molecule has 9 nitrogen and oxygen atoms in total. The van der Waals surface area contributed by atoms with E-state index < -0.39 is 10.0 Å². The van der Waals surface area contributed by atoms with E-state index >= 15 is 0 Å². The number of anilines is 1. The number of nitrogens with zero attached hydrogens (tertiary/aromatic N) is 5. The molecule has 146 valence electrons. The number of phenols is 1. The number of phenolic OH excluding ortho intramolecular Hbond substituents is 1. The van der Waals surface area contributed by atoms with E-state index in [1.54, 1.807) is 36.5 Å². The highest BCUT2D eigenvalue weighted by Gasteiger charge is 2.26. The van der Waals surface area contributed by atoms with Crippen molar-refractivity contribution in [1.29, 1.82) is 0 Å². The van der Waals surface area contributed by atoms with Gasteiger partial charge in [0, 0.05) is 37.9 Å². The second-order valence-corrected chi connectivity index (χ2v) is 8.48. The highest BCUT2D eigenvalue weighted by atomic mass is 32.2. The van der Waals surface area contributed by atoms with Crippen molar-refractivity contribution >= 4 is 15.8 Å². The molecule has 1 N–H and O–H groups in total. The molecule has 4 rings (SSSR count). The van der Waals surface area contributed by atoms with Crippen molar-refractivity contribution in [3.8, 4) is 28.6 Å². The summed E-state index contributed by atoms with van der Waals surface area (Å²) in [7, 11) is -3.20. The molecular weight excluding hydrogens is 382 g/mol. The van der Waals surface area contributed by atoms with Crippen LogP contribution in [0.5, 0.6) is 5.75 Å². The first-order chi connectivity index (χ1) is 13.4. The van der Waals surface area contributed by atoms with Crippen LogP contribution in [0.3, 0.4) is 0 Å². The van der Waals surface area contributed by atoms with Crippen LogP contribution >= 0.6 is 0 Å². The quantitative estimate of drug-likeness (QED) is 0.701. The number of hydrogen-bond acceptors (Lipinski definition) is 8. The van der Waals surface area contributed by atoms with Gasteiger partial charge in [0.2, 0.25) is 15.8 Å². The van der Waals surface area contributed by atoms with Gasteiger partial charge in [-0.3, -0.25) is 0 Å². The van der Waals surface area contributed by atoms with Gasteiger partial charge in [0.05, 0.1) is 11.8 Å². The monoisotopic (exact) mass is 401 g/mol. The van der Waals surface area contributed by atoms with E-state index in [0.29, 0.717) is 54.8 Å². The Kier molecular flexibility index (Phi) is 4.73. The van der Waals surface area contributed by atoms with Crippen molar-refractivity contribution in [2.75, 3.05) is 37.3 Å². The lowest BCUT2D eigenvalue weighted by atomic mass is 10.2. The van der Waals surface area contributed by atoms with Gasteiger partial charge in [-0.1, -0.05) is 17.3 Å². The van der Waals surface area contributed by atoms with Crippen molar-refractivity contribution < 1.29 is 18.0 Å². The first kappa shape index (κ1) is 18.4. The Morgan fingerprint density at radius 2 is 1.89 bits per heavy atom. The van der Waals surface area contributed by atoms with E-state index in [1.165, 1.54) is 10.6 Å². The Morgan fingerprint density at radius 3 is 2.61 bits per heavy atom. The Bertz CT molecular complexity index is 1090. The molecule has 0 bridgehead atoms. The van der Waals surface area contributed by atoms with E-state index in [4.69, 9.17) is 4.52 Å². The lowest BCUT2D eigenvalue weighted by Crippen LogP contribution is -2.48. The van der Waals surface area contributed by atoms with Crippen molar-refractivity contribution in [2.45, 2.75) is 0 Å². The molecule has 1 fully saturated rings. The van der Waals surface area contributed by atoms with Gasteiger partial charge < -0.3 is 14.5 Å². The minimum absolute atomic E-state index is 0.120. The zero-order valence-electron chi connectivity index (χ0n) is 15.2. The lowest BCUT2D eigenvalue weighted by molar-refractivity contribution is 0.386. The summed E-state index contributed by atoms with van der Waals surface area (Å²) >= 11 is 0. The molecule has 1 aliphatic heterocycles. The molecule has 0 aliphatic carbocycles. The Morgan fingerprint density at radius 1 is 1.11 bits per heavy atom. The molecule has 10 heteroatoms. The molecular formula is C18H19N5O4S.